The summed E-state index contributed by atoms with van der Waals surface area (Å²) in [6, 6.07) is 3.60. The molecule has 2 nitrogen and oxygen atoms in total. The van der Waals surface area contributed by atoms with E-state index >= 15 is 0 Å². The third kappa shape index (κ3) is 2.48. The Morgan fingerprint density at radius 1 is 1.50 bits per heavy atom. The van der Waals surface area contributed by atoms with E-state index in [1.54, 1.807) is 0 Å². The third-order valence-corrected chi connectivity index (χ3v) is 3.40. The van der Waals surface area contributed by atoms with Gasteiger partial charge in [-0.3, -0.25) is 4.90 Å². The summed E-state index contributed by atoms with van der Waals surface area (Å²) in [6.45, 7) is 7.99. The van der Waals surface area contributed by atoms with Crippen molar-refractivity contribution >= 4 is 0 Å². The predicted molar refractivity (Wildman–Crippen MR) is 58.9 cm³/mol. The van der Waals surface area contributed by atoms with Crippen molar-refractivity contribution in [2.24, 2.45) is 5.92 Å². The molecular formula is C12H22N2. The van der Waals surface area contributed by atoms with Crippen LogP contribution in [0.4, 0.5) is 0 Å². The van der Waals surface area contributed by atoms with Crippen LogP contribution in [0.3, 0.4) is 0 Å². The summed E-state index contributed by atoms with van der Waals surface area (Å²) in [5, 5.41) is 8.79. The smallest absolute Gasteiger partial charge is 0.0625 e. The Hall–Kier alpha value is -0.550. The molecule has 0 aromatic carbocycles. The standard InChI is InChI=1S/C12H22N2/c1-4-12-11(7-8-13)6-5-9-14(12)10(2)3/h10-12H,4-7,9H2,1-3H3. The molecule has 14 heavy (non-hydrogen) atoms. The summed E-state index contributed by atoms with van der Waals surface area (Å²) in [5.74, 6) is 0.612. The van der Waals surface area contributed by atoms with E-state index in [1.165, 1.54) is 25.8 Å². The fourth-order valence-electron chi connectivity index (χ4n) is 2.73. The molecule has 1 aliphatic rings. The molecule has 1 rings (SSSR count). The summed E-state index contributed by atoms with van der Waals surface area (Å²) in [4.78, 5) is 2.57. The maximum Gasteiger partial charge on any atom is 0.0625 e. The zero-order chi connectivity index (χ0) is 10.6. The lowest BCUT2D eigenvalue weighted by molar-refractivity contribution is 0.0629. The number of nitriles is 1. The summed E-state index contributed by atoms with van der Waals surface area (Å²) >= 11 is 0. The van der Waals surface area contributed by atoms with Gasteiger partial charge < -0.3 is 0 Å². The van der Waals surface area contributed by atoms with Gasteiger partial charge in [0.2, 0.25) is 0 Å². The summed E-state index contributed by atoms with van der Waals surface area (Å²) in [6.07, 6.45) is 4.43. The van der Waals surface area contributed by atoms with E-state index in [1.807, 2.05) is 0 Å². The highest BCUT2D eigenvalue weighted by Crippen LogP contribution is 2.29. The summed E-state index contributed by atoms with van der Waals surface area (Å²) in [5.41, 5.74) is 0. The first kappa shape index (κ1) is 11.5. The molecule has 0 amide bonds. The van der Waals surface area contributed by atoms with Crippen molar-refractivity contribution in [3.8, 4) is 6.07 Å². The number of rotatable bonds is 3. The molecule has 1 aliphatic heterocycles. The number of hydrogen-bond acceptors (Lipinski definition) is 2. The minimum atomic E-state index is 0.612. The Morgan fingerprint density at radius 3 is 2.71 bits per heavy atom. The Kier molecular flexibility index (Phi) is 4.41. The fourth-order valence-corrected chi connectivity index (χ4v) is 2.73. The van der Waals surface area contributed by atoms with E-state index in [-0.39, 0.29) is 0 Å². The highest BCUT2D eigenvalue weighted by molar-refractivity contribution is 4.89. The van der Waals surface area contributed by atoms with Crippen LogP contribution in [-0.2, 0) is 0 Å². The van der Waals surface area contributed by atoms with Gasteiger partial charge in [-0.05, 0) is 45.6 Å². The average molecular weight is 194 g/mol. The molecule has 1 saturated heterocycles. The number of nitrogens with zero attached hydrogens (tertiary/aromatic N) is 2. The van der Waals surface area contributed by atoms with Crippen molar-refractivity contribution in [3.63, 3.8) is 0 Å². The third-order valence-electron chi connectivity index (χ3n) is 3.40. The molecule has 2 heteroatoms. The van der Waals surface area contributed by atoms with E-state index < -0.39 is 0 Å². The van der Waals surface area contributed by atoms with Crippen molar-refractivity contribution in [2.45, 2.75) is 58.5 Å². The molecule has 0 radical (unpaired) electrons. The highest BCUT2D eigenvalue weighted by atomic mass is 15.2. The summed E-state index contributed by atoms with van der Waals surface area (Å²) < 4.78 is 0. The van der Waals surface area contributed by atoms with Crippen LogP contribution < -0.4 is 0 Å². The molecule has 0 aromatic heterocycles. The summed E-state index contributed by atoms with van der Waals surface area (Å²) in [7, 11) is 0. The van der Waals surface area contributed by atoms with Crippen LogP contribution in [0.5, 0.6) is 0 Å². The topological polar surface area (TPSA) is 27.0 Å². The van der Waals surface area contributed by atoms with Crippen LogP contribution in [0.15, 0.2) is 0 Å². The van der Waals surface area contributed by atoms with Crippen LogP contribution in [-0.4, -0.2) is 23.5 Å². The van der Waals surface area contributed by atoms with Crippen molar-refractivity contribution in [3.05, 3.63) is 0 Å². The minimum Gasteiger partial charge on any atom is -0.298 e. The second-order valence-corrected chi connectivity index (χ2v) is 4.57. The predicted octanol–water partition coefficient (Wildman–Crippen LogP) is 2.80. The normalized spacial score (nSPS) is 29.1. The Morgan fingerprint density at radius 2 is 2.21 bits per heavy atom. The van der Waals surface area contributed by atoms with E-state index in [4.69, 9.17) is 5.26 Å². The second-order valence-electron chi connectivity index (χ2n) is 4.57. The Labute approximate surface area is 87.9 Å². The van der Waals surface area contributed by atoms with Crippen molar-refractivity contribution in [1.29, 1.82) is 5.26 Å². The molecule has 0 bridgehead atoms. The number of likely N-dealkylation sites (tertiary alicyclic amines) is 1. The second kappa shape index (κ2) is 5.36. The van der Waals surface area contributed by atoms with Gasteiger partial charge in [-0.15, -0.1) is 0 Å². The number of piperidine rings is 1. The molecular weight excluding hydrogens is 172 g/mol. The van der Waals surface area contributed by atoms with Crippen LogP contribution in [0.1, 0.15) is 46.5 Å². The molecule has 80 valence electrons. The Balaban J connectivity index is 2.65. The average Bonchev–Trinajstić information content (AvgIpc) is 2.18. The lowest BCUT2D eigenvalue weighted by Crippen LogP contribution is -2.48. The molecule has 0 saturated carbocycles. The maximum absolute atomic E-state index is 8.79. The highest BCUT2D eigenvalue weighted by Gasteiger charge is 2.30. The molecule has 1 fully saturated rings. The molecule has 2 unspecified atom stereocenters. The first-order chi connectivity index (χ1) is 6.70. The van der Waals surface area contributed by atoms with Gasteiger partial charge in [-0.2, -0.15) is 5.26 Å². The zero-order valence-electron chi connectivity index (χ0n) is 9.66. The molecule has 1 heterocycles. The monoisotopic (exact) mass is 194 g/mol. The van der Waals surface area contributed by atoms with Gasteiger partial charge in [0, 0.05) is 18.5 Å². The maximum atomic E-state index is 8.79. The van der Waals surface area contributed by atoms with Gasteiger partial charge >= 0.3 is 0 Å². The quantitative estimate of drug-likeness (QED) is 0.690. The van der Waals surface area contributed by atoms with E-state index in [2.05, 4.69) is 31.7 Å². The van der Waals surface area contributed by atoms with Crippen molar-refractivity contribution in [1.82, 2.24) is 4.90 Å². The van der Waals surface area contributed by atoms with Gasteiger partial charge in [0.15, 0.2) is 0 Å². The van der Waals surface area contributed by atoms with Gasteiger partial charge in [-0.1, -0.05) is 6.92 Å². The van der Waals surface area contributed by atoms with Crippen molar-refractivity contribution < 1.29 is 0 Å². The molecule has 2 atom stereocenters. The first-order valence-electron chi connectivity index (χ1n) is 5.83. The Bertz CT molecular complexity index is 205. The lowest BCUT2D eigenvalue weighted by Gasteiger charge is -2.42. The zero-order valence-corrected chi connectivity index (χ0v) is 9.66. The first-order valence-corrected chi connectivity index (χ1v) is 5.83. The largest absolute Gasteiger partial charge is 0.298 e. The van der Waals surface area contributed by atoms with Gasteiger partial charge in [0.05, 0.1) is 6.07 Å². The van der Waals surface area contributed by atoms with Crippen molar-refractivity contribution in [2.75, 3.05) is 6.54 Å². The molecule has 0 aliphatic carbocycles. The number of hydrogen-bond donors (Lipinski definition) is 0. The van der Waals surface area contributed by atoms with Crippen LogP contribution in [0, 0.1) is 17.2 Å². The minimum absolute atomic E-state index is 0.612. The van der Waals surface area contributed by atoms with E-state index in [0.29, 0.717) is 18.0 Å². The van der Waals surface area contributed by atoms with Gasteiger partial charge in [0.1, 0.15) is 0 Å². The van der Waals surface area contributed by atoms with E-state index in [9.17, 15) is 0 Å². The van der Waals surface area contributed by atoms with Gasteiger partial charge in [-0.25, -0.2) is 0 Å². The molecule has 0 spiro atoms. The van der Waals surface area contributed by atoms with Crippen LogP contribution in [0.2, 0.25) is 0 Å². The molecule has 0 N–H and O–H groups in total. The van der Waals surface area contributed by atoms with Crippen LogP contribution >= 0.6 is 0 Å². The van der Waals surface area contributed by atoms with Crippen LogP contribution in [0.25, 0.3) is 0 Å². The van der Waals surface area contributed by atoms with E-state index in [0.717, 1.165) is 6.42 Å². The SMILES string of the molecule is CCC1C(CC#N)CCCN1C(C)C. The molecule has 0 aromatic rings. The lowest BCUT2D eigenvalue weighted by atomic mass is 9.85. The fraction of sp³-hybridized carbons (Fsp3) is 0.917. The van der Waals surface area contributed by atoms with Gasteiger partial charge in [0.25, 0.3) is 0 Å².